The third-order valence-corrected chi connectivity index (χ3v) is 7.15. The monoisotopic (exact) mass is 592 g/mol. The first kappa shape index (κ1) is 25.4. The van der Waals surface area contributed by atoms with Crippen LogP contribution in [0.4, 0.5) is 0 Å². The van der Waals surface area contributed by atoms with Gasteiger partial charge in [0.1, 0.15) is 47.4 Å². The fraction of sp³-hybridized carbons (Fsp3) is 0. The molecule has 0 spiro atoms. The quantitative estimate of drug-likeness (QED) is 0.208. The SMILES string of the molecule is Clc1cc(Oc2c(Cl)c(Cl)c(Oc3ccccc3)c(Cl)c2Cl)c(Cl)c(Cl)c1Oc1ccccc1. The molecule has 0 saturated carbocycles. The summed E-state index contributed by atoms with van der Waals surface area (Å²) in [5.41, 5.74) is 0. The Morgan fingerprint density at radius 2 is 0.794 bits per heavy atom. The summed E-state index contributed by atoms with van der Waals surface area (Å²) in [5.74, 6) is 1.25. The van der Waals surface area contributed by atoms with E-state index in [4.69, 9.17) is 95.4 Å². The number of benzene rings is 4. The van der Waals surface area contributed by atoms with E-state index in [0.29, 0.717) is 11.5 Å². The first-order chi connectivity index (χ1) is 16.3. The lowest BCUT2D eigenvalue weighted by atomic mass is 10.2. The maximum Gasteiger partial charge on any atom is 0.168 e. The van der Waals surface area contributed by atoms with Gasteiger partial charge in [-0.05, 0) is 24.3 Å². The molecule has 0 radical (unpaired) electrons. The van der Waals surface area contributed by atoms with E-state index in [-0.39, 0.29) is 58.2 Å². The summed E-state index contributed by atoms with van der Waals surface area (Å²) in [6, 6.07) is 19.2. The van der Waals surface area contributed by atoms with Gasteiger partial charge in [-0.3, -0.25) is 0 Å². The Hall–Kier alpha value is -1.69. The molecule has 0 unspecified atom stereocenters. The van der Waals surface area contributed by atoms with Gasteiger partial charge >= 0.3 is 0 Å². The molecule has 0 heterocycles. The Morgan fingerprint density at radius 1 is 0.412 bits per heavy atom. The average molecular weight is 596 g/mol. The van der Waals surface area contributed by atoms with Crippen LogP contribution in [0, 0.1) is 0 Å². The normalized spacial score (nSPS) is 10.8. The molecule has 10 heteroatoms. The third-order valence-electron chi connectivity index (χ3n) is 4.40. The van der Waals surface area contributed by atoms with Crippen molar-refractivity contribution in [2.24, 2.45) is 0 Å². The summed E-state index contributed by atoms with van der Waals surface area (Å²) >= 11 is 45.0. The van der Waals surface area contributed by atoms with E-state index in [9.17, 15) is 0 Å². The lowest BCUT2D eigenvalue weighted by Gasteiger charge is -2.18. The maximum atomic E-state index is 6.45. The Labute approximate surface area is 230 Å². The minimum atomic E-state index is -0.0514. The van der Waals surface area contributed by atoms with Gasteiger partial charge in [0.2, 0.25) is 0 Å². The standard InChI is InChI=1S/C24H11Cl7O3/c25-14-11-15(16(26)17(27)22(14)32-12-7-3-1-4-8-12)34-24-20(30)18(28)23(19(29)21(24)31)33-13-9-5-2-6-10-13/h1-11H. The predicted octanol–water partition coefficient (Wildman–Crippen LogP) is 11.6. The molecule has 0 amide bonds. The number of rotatable bonds is 6. The van der Waals surface area contributed by atoms with Gasteiger partial charge in [0.25, 0.3) is 0 Å². The van der Waals surface area contributed by atoms with Crippen LogP contribution in [0.3, 0.4) is 0 Å². The number of hydrogen-bond donors (Lipinski definition) is 0. The van der Waals surface area contributed by atoms with Gasteiger partial charge in [0.15, 0.2) is 17.2 Å². The minimum Gasteiger partial charge on any atom is -0.454 e. The van der Waals surface area contributed by atoms with Crippen LogP contribution in [0.5, 0.6) is 34.5 Å². The van der Waals surface area contributed by atoms with Crippen LogP contribution >= 0.6 is 81.2 Å². The lowest BCUT2D eigenvalue weighted by Crippen LogP contribution is -1.95. The molecular formula is C24H11Cl7O3. The molecule has 0 atom stereocenters. The highest BCUT2D eigenvalue weighted by molar-refractivity contribution is 6.50. The Kier molecular flexibility index (Phi) is 8.16. The molecule has 0 aliphatic rings. The lowest BCUT2D eigenvalue weighted by molar-refractivity contribution is 0.465. The summed E-state index contributed by atoms with van der Waals surface area (Å²) in [5, 5.41) is 0.0774. The van der Waals surface area contributed by atoms with Crippen molar-refractivity contribution in [1.82, 2.24) is 0 Å². The smallest absolute Gasteiger partial charge is 0.168 e. The van der Waals surface area contributed by atoms with Crippen molar-refractivity contribution >= 4 is 81.2 Å². The number of halogens is 7. The van der Waals surface area contributed by atoms with E-state index in [1.54, 1.807) is 48.5 Å². The summed E-state index contributed by atoms with van der Waals surface area (Å²) in [4.78, 5) is 0. The van der Waals surface area contributed by atoms with Gasteiger partial charge in [-0.1, -0.05) is 118 Å². The molecule has 0 aromatic heterocycles. The van der Waals surface area contributed by atoms with Crippen LogP contribution in [0.1, 0.15) is 0 Å². The summed E-state index contributed by atoms with van der Waals surface area (Å²) < 4.78 is 17.4. The molecule has 0 saturated heterocycles. The number of para-hydroxylation sites is 2. The Morgan fingerprint density at radius 3 is 1.26 bits per heavy atom. The van der Waals surface area contributed by atoms with Gasteiger partial charge in [-0.2, -0.15) is 0 Å². The van der Waals surface area contributed by atoms with Gasteiger partial charge in [-0.15, -0.1) is 0 Å². The largest absolute Gasteiger partial charge is 0.454 e. The van der Waals surface area contributed by atoms with Crippen molar-refractivity contribution < 1.29 is 14.2 Å². The minimum absolute atomic E-state index is 0.00716. The molecule has 4 aromatic rings. The predicted molar refractivity (Wildman–Crippen MR) is 141 cm³/mol. The van der Waals surface area contributed by atoms with Crippen molar-refractivity contribution in [3.63, 3.8) is 0 Å². The van der Waals surface area contributed by atoms with Gasteiger partial charge in [0, 0.05) is 6.07 Å². The van der Waals surface area contributed by atoms with Crippen LogP contribution in [0.2, 0.25) is 35.2 Å². The van der Waals surface area contributed by atoms with Gasteiger partial charge in [0.05, 0.1) is 5.02 Å². The summed E-state index contributed by atoms with van der Waals surface area (Å²) in [7, 11) is 0. The fourth-order valence-corrected chi connectivity index (χ4v) is 4.48. The van der Waals surface area contributed by atoms with Crippen LogP contribution in [0.15, 0.2) is 66.7 Å². The first-order valence-corrected chi connectivity index (χ1v) is 12.1. The molecule has 3 nitrogen and oxygen atoms in total. The van der Waals surface area contributed by atoms with Gasteiger partial charge < -0.3 is 14.2 Å². The zero-order valence-electron chi connectivity index (χ0n) is 16.7. The topological polar surface area (TPSA) is 27.7 Å². The van der Waals surface area contributed by atoms with Crippen LogP contribution in [0.25, 0.3) is 0 Å². The van der Waals surface area contributed by atoms with Gasteiger partial charge in [-0.25, -0.2) is 0 Å². The Balaban J connectivity index is 1.70. The highest BCUT2D eigenvalue weighted by atomic mass is 35.5. The van der Waals surface area contributed by atoms with E-state index >= 15 is 0 Å². The third kappa shape index (κ3) is 5.27. The first-order valence-electron chi connectivity index (χ1n) is 9.45. The number of ether oxygens (including phenoxy) is 3. The van der Waals surface area contributed by atoms with Crippen molar-refractivity contribution in [2.45, 2.75) is 0 Å². The van der Waals surface area contributed by atoms with E-state index in [1.165, 1.54) is 6.07 Å². The average Bonchev–Trinajstić information content (AvgIpc) is 2.85. The second-order valence-electron chi connectivity index (χ2n) is 6.66. The van der Waals surface area contributed by atoms with E-state index in [0.717, 1.165) is 0 Å². The summed E-state index contributed by atoms with van der Waals surface area (Å²) in [6.07, 6.45) is 0. The Bertz CT molecular complexity index is 1320. The number of hydrogen-bond acceptors (Lipinski definition) is 3. The molecule has 34 heavy (non-hydrogen) atoms. The van der Waals surface area contributed by atoms with Crippen LogP contribution < -0.4 is 14.2 Å². The zero-order valence-corrected chi connectivity index (χ0v) is 22.0. The molecule has 0 N–H and O–H groups in total. The summed E-state index contributed by atoms with van der Waals surface area (Å²) in [6.45, 7) is 0. The molecule has 174 valence electrons. The van der Waals surface area contributed by atoms with Crippen molar-refractivity contribution in [2.75, 3.05) is 0 Å². The molecule has 0 aliphatic heterocycles. The molecule has 4 aromatic carbocycles. The maximum absolute atomic E-state index is 6.45. The van der Waals surface area contributed by atoms with Crippen molar-refractivity contribution in [1.29, 1.82) is 0 Å². The molecular weight excluding hydrogens is 584 g/mol. The second-order valence-corrected chi connectivity index (χ2v) is 9.34. The van der Waals surface area contributed by atoms with Crippen molar-refractivity contribution in [3.05, 3.63) is 102 Å². The highest BCUT2D eigenvalue weighted by Gasteiger charge is 2.26. The van der Waals surface area contributed by atoms with Crippen LogP contribution in [-0.4, -0.2) is 0 Å². The molecule has 0 aliphatic carbocycles. The fourth-order valence-electron chi connectivity index (χ4n) is 2.82. The molecule has 4 rings (SSSR count). The van der Waals surface area contributed by atoms with E-state index in [2.05, 4.69) is 0 Å². The molecule has 0 bridgehead atoms. The second kappa shape index (κ2) is 10.9. The highest BCUT2D eigenvalue weighted by Crippen LogP contribution is 2.54. The van der Waals surface area contributed by atoms with E-state index in [1.807, 2.05) is 12.1 Å². The molecule has 0 fully saturated rings. The van der Waals surface area contributed by atoms with Crippen LogP contribution in [-0.2, 0) is 0 Å². The van der Waals surface area contributed by atoms with Crippen molar-refractivity contribution in [3.8, 4) is 34.5 Å². The van der Waals surface area contributed by atoms with E-state index < -0.39 is 0 Å². The zero-order chi connectivity index (χ0) is 24.4.